The summed E-state index contributed by atoms with van der Waals surface area (Å²) in [5, 5.41) is 6.81. The summed E-state index contributed by atoms with van der Waals surface area (Å²) in [6.45, 7) is 1.30. The molecule has 92 valence electrons. The van der Waals surface area contributed by atoms with Crippen LogP contribution in [-0.2, 0) is 11.4 Å². The summed E-state index contributed by atoms with van der Waals surface area (Å²) >= 11 is 0. The number of oxime groups is 1. The Morgan fingerprint density at radius 2 is 2.24 bits per heavy atom. The summed E-state index contributed by atoms with van der Waals surface area (Å²) in [7, 11) is 0. The smallest absolute Gasteiger partial charge is 0.145 e. The standard InChI is InChI=1S/C11H12FN3O.ClH/c12-11-4-2-1-3-9(11)7-16-15-10-5-13-8-14-6-10;/h1-4,8H,5-7H2,(H,13,14);1H. The summed E-state index contributed by atoms with van der Waals surface area (Å²) in [4.78, 5) is 9.05. The zero-order chi connectivity index (χ0) is 11.2. The van der Waals surface area contributed by atoms with Crippen LogP contribution < -0.4 is 5.32 Å². The van der Waals surface area contributed by atoms with Crippen LogP contribution in [0.5, 0.6) is 0 Å². The van der Waals surface area contributed by atoms with E-state index in [1.165, 1.54) is 6.07 Å². The molecule has 1 N–H and O–H groups in total. The summed E-state index contributed by atoms with van der Waals surface area (Å²) in [5.74, 6) is -0.275. The van der Waals surface area contributed by atoms with Gasteiger partial charge < -0.3 is 10.2 Å². The van der Waals surface area contributed by atoms with Crippen molar-refractivity contribution in [2.24, 2.45) is 10.1 Å². The molecule has 2 rings (SSSR count). The zero-order valence-electron chi connectivity index (χ0n) is 9.10. The molecule has 0 radical (unpaired) electrons. The molecule has 0 aromatic heterocycles. The fourth-order valence-electron chi connectivity index (χ4n) is 1.30. The Balaban J connectivity index is 0.00000144. The van der Waals surface area contributed by atoms with E-state index in [1.807, 2.05) is 0 Å². The summed E-state index contributed by atoms with van der Waals surface area (Å²) in [5.41, 5.74) is 1.30. The SMILES string of the molecule is Cl.Fc1ccccc1CO/N=C1\CN=CNC1. The van der Waals surface area contributed by atoms with Gasteiger partial charge in [-0.3, -0.25) is 4.99 Å². The molecule has 0 aliphatic carbocycles. The number of aliphatic imine (C=N–C) groups is 1. The van der Waals surface area contributed by atoms with Gasteiger partial charge in [0.15, 0.2) is 0 Å². The first-order valence-electron chi connectivity index (χ1n) is 4.99. The van der Waals surface area contributed by atoms with Gasteiger partial charge in [0.2, 0.25) is 0 Å². The minimum absolute atomic E-state index is 0. The Bertz CT molecular complexity index is 423. The van der Waals surface area contributed by atoms with Crippen molar-refractivity contribution in [3.05, 3.63) is 35.6 Å². The topological polar surface area (TPSA) is 46.0 Å². The van der Waals surface area contributed by atoms with Crippen molar-refractivity contribution in [2.75, 3.05) is 13.1 Å². The van der Waals surface area contributed by atoms with Crippen LogP contribution in [0.25, 0.3) is 0 Å². The Morgan fingerprint density at radius 3 is 2.94 bits per heavy atom. The van der Waals surface area contributed by atoms with Crippen LogP contribution in [0.15, 0.2) is 34.4 Å². The van der Waals surface area contributed by atoms with Crippen molar-refractivity contribution in [3.63, 3.8) is 0 Å². The third kappa shape index (κ3) is 4.03. The first kappa shape index (κ1) is 13.4. The molecule has 1 aliphatic heterocycles. The monoisotopic (exact) mass is 257 g/mol. The number of hydrogen-bond donors (Lipinski definition) is 1. The fourth-order valence-corrected chi connectivity index (χ4v) is 1.30. The maximum atomic E-state index is 13.2. The molecule has 1 aromatic rings. The summed E-state index contributed by atoms with van der Waals surface area (Å²) < 4.78 is 13.2. The Labute approximate surface area is 105 Å². The van der Waals surface area contributed by atoms with Gasteiger partial charge in [0, 0.05) is 5.56 Å². The van der Waals surface area contributed by atoms with Gasteiger partial charge >= 0.3 is 0 Å². The highest BCUT2D eigenvalue weighted by atomic mass is 35.5. The molecule has 0 bridgehead atoms. The molecular weight excluding hydrogens is 245 g/mol. The van der Waals surface area contributed by atoms with Crippen LogP contribution in [0, 0.1) is 5.82 Å². The molecule has 0 unspecified atom stereocenters. The normalized spacial score (nSPS) is 16.2. The van der Waals surface area contributed by atoms with Gasteiger partial charge in [-0.05, 0) is 6.07 Å². The lowest BCUT2D eigenvalue weighted by atomic mass is 10.2. The Kier molecular flexibility index (Phi) is 5.42. The maximum Gasteiger partial charge on any atom is 0.145 e. The second-order valence-electron chi connectivity index (χ2n) is 3.37. The van der Waals surface area contributed by atoms with Crippen LogP contribution in [-0.4, -0.2) is 25.1 Å². The molecule has 0 fully saturated rings. The molecule has 0 spiro atoms. The van der Waals surface area contributed by atoms with Crippen molar-refractivity contribution in [3.8, 4) is 0 Å². The molecule has 17 heavy (non-hydrogen) atoms. The molecule has 0 saturated heterocycles. The number of hydrogen-bond acceptors (Lipinski definition) is 4. The fraction of sp³-hybridized carbons (Fsp3) is 0.273. The average molecular weight is 258 g/mol. The van der Waals surface area contributed by atoms with Gasteiger partial charge in [-0.25, -0.2) is 4.39 Å². The molecule has 0 atom stereocenters. The van der Waals surface area contributed by atoms with E-state index < -0.39 is 0 Å². The zero-order valence-corrected chi connectivity index (χ0v) is 9.91. The van der Waals surface area contributed by atoms with Crippen LogP contribution in [0.3, 0.4) is 0 Å². The van der Waals surface area contributed by atoms with Gasteiger partial charge in [-0.2, -0.15) is 0 Å². The summed E-state index contributed by atoms with van der Waals surface area (Å²) in [6, 6.07) is 6.48. The van der Waals surface area contributed by atoms with Crippen molar-refractivity contribution >= 4 is 24.5 Å². The molecule has 1 aliphatic rings. The van der Waals surface area contributed by atoms with Crippen molar-refractivity contribution in [1.82, 2.24) is 5.32 Å². The van der Waals surface area contributed by atoms with E-state index in [0.29, 0.717) is 18.7 Å². The van der Waals surface area contributed by atoms with E-state index in [2.05, 4.69) is 15.5 Å². The molecule has 0 saturated carbocycles. The first-order chi connectivity index (χ1) is 7.86. The average Bonchev–Trinajstić information content (AvgIpc) is 2.33. The minimum Gasteiger partial charge on any atom is -0.391 e. The Morgan fingerprint density at radius 1 is 1.41 bits per heavy atom. The van der Waals surface area contributed by atoms with Gasteiger partial charge in [0.05, 0.1) is 25.1 Å². The number of rotatable bonds is 3. The number of nitrogens with zero attached hydrogens (tertiary/aromatic N) is 2. The lowest BCUT2D eigenvalue weighted by Gasteiger charge is -2.08. The highest BCUT2D eigenvalue weighted by molar-refractivity contribution is 5.92. The molecule has 6 heteroatoms. The van der Waals surface area contributed by atoms with Crippen molar-refractivity contribution < 1.29 is 9.23 Å². The second-order valence-corrected chi connectivity index (χ2v) is 3.37. The number of nitrogens with one attached hydrogen (secondary N) is 1. The van der Waals surface area contributed by atoms with Crippen LogP contribution >= 0.6 is 12.4 Å². The second kappa shape index (κ2) is 6.85. The number of benzene rings is 1. The maximum absolute atomic E-state index is 13.2. The number of halogens is 2. The highest BCUT2D eigenvalue weighted by Gasteiger charge is 2.03. The van der Waals surface area contributed by atoms with Gasteiger partial charge in [-0.15, -0.1) is 12.4 Å². The van der Waals surface area contributed by atoms with E-state index in [0.717, 1.165) is 5.71 Å². The van der Waals surface area contributed by atoms with Gasteiger partial charge in [0.1, 0.15) is 12.4 Å². The first-order valence-corrected chi connectivity index (χ1v) is 4.99. The van der Waals surface area contributed by atoms with E-state index in [-0.39, 0.29) is 24.8 Å². The molecule has 1 heterocycles. The lowest BCUT2D eigenvalue weighted by molar-refractivity contribution is 0.127. The molecule has 4 nitrogen and oxygen atoms in total. The summed E-state index contributed by atoms with van der Waals surface area (Å²) in [6.07, 6.45) is 1.63. The predicted octanol–water partition coefficient (Wildman–Crippen LogP) is 1.75. The van der Waals surface area contributed by atoms with Crippen LogP contribution in [0.4, 0.5) is 4.39 Å². The highest BCUT2D eigenvalue weighted by Crippen LogP contribution is 2.07. The van der Waals surface area contributed by atoms with Crippen molar-refractivity contribution in [2.45, 2.75) is 6.61 Å². The van der Waals surface area contributed by atoms with Gasteiger partial charge in [0.25, 0.3) is 0 Å². The Hall–Kier alpha value is -1.62. The van der Waals surface area contributed by atoms with E-state index >= 15 is 0 Å². The third-order valence-electron chi connectivity index (χ3n) is 2.13. The molecule has 0 amide bonds. The lowest BCUT2D eigenvalue weighted by Crippen LogP contribution is -2.28. The minimum atomic E-state index is -0.275. The molecule has 1 aromatic carbocycles. The van der Waals surface area contributed by atoms with Crippen LogP contribution in [0.1, 0.15) is 5.56 Å². The predicted molar refractivity (Wildman–Crippen MR) is 67.2 cm³/mol. The van der Waals surface area contributed by atoms with Gasteiger partial charge in [-0.1, -0.05) is 23.4 Å². The van der Waals surface area contributed by atoms with E-state index in [1.54, 1.807) is 24.5 Å². The van der Waals surface area contributed by atoms with Crippen LogP contribution in [0.2, 0.25) is 0 Å². The largest absolute Gasteiger partial charge is 0.391 e. The molecular formula is C11H13ClFN3O. The van der Waals surface area contributed by atoms with E-state index in [4.69, 9.17) is 4.84 Å². The van der Waals surface area contributed by atoms with Crippen molar-refractivity contribution in [1.29, 1.82) is 0 Å². The third-order valence-corrected chi connectivity index (χ3v) is 2.13. The van der Waals surface area contributed by atoms with E-state index in [9.17, 15) is 4.39 Å². The quantitative estimate of drug-likeness (QED) is 0.839.